The van der Waals surface area contributed by atoms with Crippen LogP contribution >= 0.6 is 23.4 Å². The maximum Gasteiger partial charge on any atom is 0.315 e. The van der Waals surface area contributed by atoms with Gasteiger partial charge in [-0.1, -0.05) is 23.7 Å². The van der Waals surface area contributed by atoms with Gasteiger partial charge in [-0.2, -0.15) is 0 Å². The standard InChI is InChI=1S/C19H15ClN2O6S/c1-2-28-15-8-12(7-14(17(15)23)22(26)27)9-16-18(24)21(19(25)29-16)10-11-4-3-5-13(20)6-11/h3-9,23H,2,10H2,1H3/b16-9-. The monoisotopic (exact) mass is 434 g/mol. The molecule has 29 heavy (non-hydrogen) atoms. The highest BCUT2D eigenvalue weighted by Gasteiger charge is 2.35. The third-order valence-corrected chi connectivity index (χ3v) is 5.12. The normalized spacial score (nSPS) is 15.2. The zero-order valence-electron chi connectivity index (χ0n) is 15.1. The fourth-order valence-corrected chi connectivity index (χ4v) is 3.76. The van der Waals surface area contributed by atoms with Crippen molar-refractivity contribution in [1.82, 2.24) is 4.90 Å². The van der Waals surface area contributed by atoms with E-state index in [0.717, 1.165) is 22.7 Å². The molecule has 0 aliphatic carbocycles. The summed E-state index contributed by atoms with van der Waals surface area (Å²) in [6, 6.07) is 9.30. The topological polar surface area (TPSA) is 110 Å². The second-order valence-electron chi connectivity index (χ2n) is 5.97. The maximum absolute atomic E-state index is 12.7. The maximum atomic E-state index is 12.7. The highest BCUT2D eigenvalue weighted by atomic mass is 35.5. The Balaban J connectivity index is 1.92. The number of hydrogen-bond acceptors (Lipinski definition) is 7. The summed E-state index contributed by atoms with van der Waals surface area (Å²) in [4.78, 5) is 36.6. The molecule has 150 valence electrons. The van der Waals surface area contributed by atoms with E-state index >= 15 is 0 Å². The molecule has 0 radical (unpaired) electrons. The van der Waals surface area contributed by atoms with E-state index in [1.807, 2.05) is 0 Å². The summed E-state index contributed by atoms with van der Waals surface area (Å²) in [7, 11) is 0. The zero-order chi connectivity index (χ0) is 21.1. The van der Waals surface area contributed by atoms with Crippen molar-refractivity contribution in [3.8, 4) is 11.5 Å². The summed E-state index contributed by atoms with van der Waals surface area (Å²) in [6.07, 6.45) is 1.36. The van der Waals surface area contributed by atoms with E-state index in [2.05, 4.69) is 0 Å². The zero-order valence-corrected chi connectivity index (χ0v) is 16.7. The van der Waals surface area contributed by atoms with Gasteiger partial charge in [0.15, 0.2) is 5.75 Å². The number of ether oxygens (including phenoxy) is 1. The van der Waals surface area contributed by atoms with Crippen LogP contribution in [0.15, 0.2) is 41.3 Å². The van der Waals surface area contributed by atoms with E-state index in [-0.39, 0.29) is 29.4 Å². The minimum absolute atomic E-state index is 0.0580. The number of carbonyl (C=O) groups is 2. The van der Waals surface area contributed by atoms with Crippen molar-refractivity contribution in [2.45, 2.75) is 13.5 Å². The molecule has 0 unspecified atom stereocenters. The highest BCUT2D eigenvalue weighted by Crippen LogP contribution is 2.39. The molecule has 0 aromatic heterocycles. The Morgan fingerprint density at radius 3 is 2.72 bits per heavy atom. The number of rotatable bonds is 6. The molecule has 0 saturated carbocycles. The number of imide groups is 1. The average molecular weight is 435 g/mol. The van der Waals surface area contributed by atoms with E-state index in [0.29, 0.717) is 10.6 Å². The summed E-state index contributed by atoms with van der Waals surface area (Å²) in [5.74, 6) is -1.19. The van der Waals surface area contributed by atoms with Crippen LogP contribution in [0.25, 0.3) is 6.08 Å². The quantitative estimate of drug-likeness (QED) is 0.402. The first-order chi connectivity index (χ1) is 13.8. The van der Waals surface area contributed by atoms with Gasteiger partial charge in [0.1, 0.15) is 0 Å². The Morgan fingerprint density at radius 1 is 1.31 bits per heavy atom. The van der Waals surface area contributed by atoms with Gasteiger partial charge in [0, 0.05) is 11.1 Å². The van der Waals surface area contributed by atoms with Gasteiger partial charge in [-0.05, 0) is 54.1 Å². The number of phenols is 1. The number of nitrogens with zero attached hydrogens (tertiary/aromatic N) is 2. The van der Waals surface area contributed by atoms with Crippen LogP contribution in [0.3, 0.4) is 0 Å². The predicted octanol–water partition coefficient (Wildman–Crippen LogP) is 4.59. The summed E-state index contributed by atoms with van der Waals surface area (Å²) in [5.41, 5.74) is 0.395. The van der Waals surface area contributed by atoms with E-state index in [1.54, 1.807) is 31.2 Å². The van der Waals surface area contributed by atoms with E-state index in [9.17, 15) is 24.8 Å². The lowest BCUT2D eigenvalue weighted by molar-refractivity contribution is -0.386. The van der Waals surface area contributed by atoms with Gasteiger partial charge in [0.05, 0.1) is 23.0 Å². The molecule has 1 heterocycles. The molecule has 1 N–H and O–H groups in total. The molecular weight excluding hydrogens is 420 g/mol. The Morgan fingerprint density at radius 2 is 2.07 bits per heavy atom. The van der Waals surface area contributed by atoms with E-state index < -0.39 is 27.5 Å². The smallest absolute Gasteiger partial charge is 0.315 e. The number of nitro benzene ring substituents is 1. The third kappa shape index (κ3) is 4.52. The first-order valence-corrected chi connectivity index (χ1v) is 9.63. The van der Waals surface area contributed by atoms with Gasteiger partial charge in [-0.15, -0.1) is 0 Å². The van der Waals surface area contributed by atoms with E-state index in [4.69, 9.17) is 16.3 Å². The van der Waals surface area contributed by atoms with Crippen LogP contribution in [0.5, 0.6) is 11.5 Å². The van der Waals surface area contributed by atoms with Crippen molar-refractivity contribution in [1.29, 1.82) is 0 Å². The molecule has 2 aromatic carbocycles. The summed E-state index contributed by atoms with van der Waals surface area (Å²) < 4.78 is 5.23. The largest absolute Gasteiger partial charge is 0.500 e. The minimum atomic E-state index is -0.750. The lowest BCUT2D eigenvalue weighted by atomic mass is 10.1. The minimum Gasteiger partial charge on any atom is -0.500 e. The molecule has 3 rings (SSSR count). The molecule has 0 atom stereocenters. The number of nitro groups is 1. The van der Waals surface area contributed by atoms with Gasteiger partial charge in [0.2, 0.25) is 5.75 Å². The van der Waals surface area contributed by atoms with Crippen LogP contribution in [-0.2, 0) is 11.3 Å². The van der Waals surface area contributed by atoms with Gasteiger partial charge >= 0.3 is 5.69 Å². The van der Waals surface area contributed by atoms with Crippen molar-refractivity contribution in [3.05, 3.63) is 67.6 Å². The van der Waals surface area contributed by atoms with Crippen molar-refractivity contribution in [2.24, 2.45) is 0 Å². The average Bonchev–Trinajstić information content (AvgIpc) is 2.91. The number of benzene rings is 2. The van der Waals surface area contributed by atoms with Crippen LogP contribution in [0.2, 0.25) is 5.02 Å². The summed E-state index contributed by atoms with van der Waals surface area (Å²) in [6.45, 7) is 1.91. The second kappa shape index (κ2) is 8.54. The fraction of sp³-hybridized carbons (Fsp3) is 0.158. The molecule has 2 amide bonds. The van der Waals surface area contributed by atoms with Gasteiger partial charge < -0.3 is 9.84 Å². The summed E-state index contributed by atoms with van der Waals surface area (Å²) in [5, 5.41) is 21.2. The van der Waals surface area contributed by atoms with Crippen LogP contribution in [0, 0.1) is 10.1 Å². The van der Waals surface area contributed by atoms with Crippen molar-refractivity contribution in [2.75, 3.05) is 6.61 Å². The number of halogens is 1. The number of carbonyl (C=O) groups excluding carboxylic acids is 2. The number of phenolic OH excluding ortho intramolecular Hbond substituents is 1. The number of aromatic hydroxyl groups is 1. The molecule has 8 nitrogen and oxygen atoms in total. The SMILES string of the molecule is CCOc1cc(/C=C2\SC(=O)N(Cc3cccc(Cl)c3)C2=O)cc([N+](=O)[O-])c1O. The van der Waals surface area contributed by atoms with Crippen LogP contribution in [-0.4, -0.2) is 32.7 Å². The lowest BCUT2D eigenvalue weighted by Gasteiger charge is -2.12. The van der Waals surface area contributed by atoms with Crippen LogP contribution in [0.1, 0.15) is 18.1 Å². The third-order valence-electron chi connectivity index (χ3n) is 3.97. The molecule has 1 aliphatic rings. The molecule has 1 fully saturated rings. The van der Waals surface area contributed by atoms with Crippen LogP contribution in [0.4, 0.5) is 10.5 Å². The molecule has 0 bridgehead atoms. The van der Waals surface area contributed by atoms with Gasteiger partial charge in [0.25, 0.3) is 11.1 Å². The Hall–Kier alpha value is -3.04. The highest BCUT2D eigenvalue weighted by molar-refractivity contribution is 8.18. The number of hydrogen-bond donors (Lipinski definition) is 1. The first kappa shape index (κ1) is 20.7. The Kier molecular flexibility index (Phi) is 6.09. The molecule has 1 saturated heterocycles. The Bertz CT molecular complexity index is 1040. The van der Waals surface area contributed by atoms with Gasteiger partial charge in [-0.3, -0.25) is 24.6 Å². The first-order valence-electron chi connectivity index (χ1n) is 8.44. The molecule has 0 spiro atoms. The number of amides is 2. The Labute approximate surface area is 174 Å². The molecular formula is C19H15ClN2O6S. The van der Waals surface area contributed by atoms with Crippen molar-refractivity contribution < 1.29 is 24.4 Å². The van der Waals surface area contributed by atoms with Gasteiger partial charge in [-0.25, -0.2) is 0 Å². The fourth-order valence-electron chi connectivity index (χ4n) is 2.71. The lowest BCUT2D eigenvalue weighted by Crippen LogP contribution is -2.27. The summed E-state index contributed by atoms with van der Waals surface area (Å²) >= 11 is 6.67. The number of thioether (sulfide) groups is 1. The van der Waals surface area contributed by atoms with E-state index in [1.165, 1.54) is 12.1 Å². The molecule has 1 aliphatic heterocycles. The molecule has 10 heteroatoms. The molecule has 2 aromatic rings. The predicted molar refractivity (Wildman–Crippen MR) is 109 cm³/mol. The second-order valence-corrected chi connectivity index (χ2v) is 7.40. The van der Waals surface area contributed by atoms with Crippen molar-refractivity contribution >= 4 is 46.3 Å². The van der Waals surface area contributed by atoms with Crippen LogP contribution < -0.4 is 4.74 Å². The van der Waals surface area contributed by atoms with Crippen molar-refractivity contribution in [3.63, 3.8) is 0 Å².